The van der Waals surface area contributed by atoms with Crippen molar-refractivity contribution in [2.45, 2.75) is 13.5 Å². The van der Waals surface area contributed by atoms with Gasteiger partial charge < -0.3 is 19.9 Å². The maximum Gasteiger partial charge on any atom is 0.229 e. The van der Waals surface area contributed by atoms with Crippen LogP contribution in [0, 0.1) is 6.92 Å². The van der Waals surface area contributed by atoms with Crippen molar-refractivity contribution in [3.63, 3.8) is 0 Å². The summed E-state index contributed by atoms with van der Waals surface area (Å²) in [6, 6.07) is 16.3. The van der Waals surface area contributed by atoms with Gasteiger partial charge in [-0.3, -0.25) is 4.57 Å². The zero-order valence-corrected chi connectivity index (χ0v) is 18.3. The fourth-order valence-electron chi connectivity index (χ4n) is 4.14. The molecular formula is C24H24N8O. The number of aromatic nitrogens is 6. The van der Waals surface area contributed by atoms with E-state index < -0.39 is 0 Å². The van der Waals surface area contributed by atoms with E-state index in [0.29, 0.717) is 31.5 Å². The second-order valence-corrected chi connectivity index (χ2v) is 8.15. The van der Waals surface area contributed by atoms with Gasteiger partial charge in [-0.1, -0.05) is 24.3 Å². The zero-order valence-electron chi connectivity index (χ0n) is 18.3. The number of anilines is 2. The molecule has 6 rings (SSSR count). The Balaban J connectivity index is 1.41. The molecule has 9 heteroatoms. The molecule has 2 N–H and O–H groups in total. The molecule has 0 unspecified atom stereocenters. The Labute approximate surface area is 190 Å². The Morgan fingerprint density at radius 1 is 1.03 bits per heavy atom. The predicted octanol–water partition coefficient (Wildman–Crippen LogP) is 3.45. The first kappa shape index (κ1) is 19.7. The van der Waals surface area contributed by atoms with Crippen LogP contribution < -0.4 is 10.2 Å². The van der Waals surface area contributed by atoms with Gasteiger partial charge in [0.15, 0.2) is 17.0 Å². The highest BCUT2D eigenvalue weighted by Crippen LogP contribution is 2.26. The smallest absolute Gasteiger partial charge is 0.229 e. The van der Waals surface area contributed by atoms with Crippen LogP contribution in [0.2, 0.25) is 0 Å². The second kappa shape index (κ2) is 8.18. The van der Waals surface area contributed by atoms with E-state index in [1.165, 1.54) is 5.56 Å². The third-order valence-electron chi connectivity index (χ3n) is 5.82. The Morgan fingerprint density at radius 3 is 2.76 bits per heavy atom. The second-order valence-electron chi connectivity index (χ2n) is 8.15. The number of nitrogens with one attached hydrogen (secondary N) is 2. The standard InChI is InChI=1S/C24H24N8O/c1-16-5-4-6-17(13-16)32-15-26-21-22(25-14-20-27-18-7-2-3-8-19(18)28-20)29-24(30-23(21)32)31-9-11-33-12-10-31/h2-8,13,15H,9-12,14H2,1H3,(H,27,28)(H,25,29,30). The van der Waals surface area contributed by atoms with Gasteiger partial charge in [0.1, 0.15) is 12.2 Å². The monoisotopic (exact) mass is 440 g/mol. The number of rotatable bonds is 5. The summed E-state index contributed by atoms with van der Waals surface area (Å²) in [5.41, 5.74) is 5.65. The summed E-state index contributed by atoms with van der Waals surface area (Å²) in [4.78, 5) is 24.6. The lowest BCUT2D eigenvalue weighted by Crippen LogP contribution is -2.37. The number of hydrogen-bond donors (Lipinski definition) is 2. The average molecular weight is 441 g/mol. The number of morpholine rings is 1. The molecule has 0 amide bonds. The van der Waals surface area contributed by atoms with Gasteiger partial charge in [0.2, 0.25) is 5.95 Å². The van der Waals surface area contributed by atoms with Crippen molar-refractivity contribution in [1.82, 2.24) is 29.5 Å². The summed E-state index contributed by atoms with van der Waals surface area (Å²) < 4.78 is 7.54. The molecule has 1 aliphatic rings. The van der Waals surface area contributed by atoms with Crippen LogP contribution in [-0.2, 0) is 11.3 Å². The van der Waals surface area contributed by atoms with E-state index in [4.69, 9.17) is 14.7 Å². The van der Waals surface area contributed by atoms with Crippen LogP contribution in [0.4, 0.5) is 11.8 Å². The fourth-order valence-corrected chi connectivity index (χ4v) is 4.14. The van der Waals surface area contributed by atoms with Gasteiger partial charge in [0, 0.05) is 18.8 Å². The van der Waals surface area contributed by atoms with Crippen LogP contribution in [0.15, 0.2) is 54.9 Å². The molecule has 1 saturated heterocycles. The van der Waals surface area contributed by atoms with Crippen molar-refractivity contribution < 1.29 is 4.74 Å². The predicted molar refractivity (Wildman–Crippen MR) is 128 cm³/mol. The molecule has 2 aromatic carbocycles. The quantitative estimate of drug-likeness (QED) is 0.432. The lowest BCUT2D eigenvalue weighted by Gasteiger charge is -2.27. The number of fused-ring (bicyclic) bond motifs is 2. The van der Waals surface area contributed by atoms with Crippen molar-refractivity contribution in [3.05, 3.63) is 66.2 Å². The van der Waals surface area contributed by atoms with Crippen LogP contribution in [0.1, 0.15) is 11.4 Å². The molecule has 5 aromatic rings. The van der Waals surface area contributed by atoms with E-state index in [1.54, 1.807) is 0 Å². The van der Waals surface area contributed by atoms with Gasteiger partial charge >= 0.3 is 0 Å². The molecule has 166 valence electrons. The maximum atomic E-state index is 5.52. The summed E-state index contributed by atoms with van der Waals surface area (Å²) in [7, 11) is 0. The summed E-state index contributed by atoms with van der Waals surface area (Å²) in [6.45, 7) is 5.43. The van der Waals surface area contributed by atoms with Crippen LogP contribution in [0.5, 0.6) is 0 Å². The minimum absolute atomic E-state index is 0.501. The van der Waals surface area contributed by atoms with Crippen LogP contribution in [0.25, 0.3) is 27.9 Å². The van der Waals surface area contributed by atoms with Crippen molar-refractivity contribution in [2.24, 2.45) is 0 Å². The summed E-state index contributed by atoms with van der Waals surface area (Å²) in [5.74, 6) is 2.20. The molecular weight excluding hydrogens is 416 g/mol. The number of para-hydroxylation sites is 2. The zero-order chi connectivity index (χ0) is 22.2. The topological polar surface area (TPSA) is 96.8 Å². The molecule has 0 aliphatic carbocycles. The third kappa shape index (κ3) is 3.76. The molecule has 1 aliphatic heterocycles. The summed E-state index contributed by atoms with van der Waals surface area (Å²) in [6.07, 6.45) is 1.81. The number of hydrogen-bond acceptors (Lipinski definition) is 7. The largest absolute Gasteiger partial charge is 0.378 e. The number of aromatic amines is 1. The number of H-pyrrole nitrogens is 1. The van der Waals surface area contributed by atoms with Crippen molar-refractivity contribution >= 4 is 34.0 Å². The molecule has 9 nitrogen and oxygen atoms in total. The van der Waals surface area contributed by atoms with Gasteiger partial charge in [-0.25, -0.2) is 9.97 Å². The van der Waals surface area contributed by atoms with Gasteiger partial charge in [-0.15, -0.1) is 0 Å². The van der Waals surface area contributed by atoms with Crippen LogP contribution in [0.3, 0.4) is 0 Å². The molecule has 0 saturated carbocycles. The molecule has 33 heavy (non-hydrogen) atoms. The van der Waals surface area contributed by atoms with Gasteiger partial charge in [-0.05, 0) is 36.8 Å². The molecule has 4 heterocycles. The third-order valence-corrected chi connectivity index (χ3v) is 5.82. The number of ether oxygens (including phenoxy) is 1. The van der Waals surface area contributed by atoms with Crippen LogP contribution in [-0.4, -0.2) is 55.8 Å². The van der Waals surface area contributed by atoms with Crippen LogP contribution >= 0.6 is 0 Å². The van der Waals surface area contributed by atoms with Crippen molar-refractivity contribution in [3.8, 4) is 5.69 Å². The first-order valence-electron chi connectivity index (χ1n) is 11.1. The van der Waals surface area contributed by atoms with Gasteiger partial charge in [0.05, 0.1) is 30.8 Å². The highest BCUT2D eigenvalue weighted by molar-refractivity contribution is 5.85. The van der Waals surface area contributed by atoms with E-state index >= 15 is 0 Å². The molecule has 0 atom stereocenters. The Kier molecular flexibility index (Phi) is 4.88. The SMILES string of the molecule is Cc1cccc(-n2cnc3c(NCc4nc5ccccc5[nH]4)nc(N4CCOCC4)nc32)c1. The maximum absolute atomic E-state index is 5.52. The fraction of sp³-hybridized carbons (Fsp3) is 0.250. The highest BCUT2D eigenvalue weighted by Gasteiger charge is 2.20. The van der Waals surface area contributed by atoms with Crippen molar-refractivity contribution in [2.75, 3.05) is 36.5 Å². The van der Waals surface area contributed by atoms with E-state index in [1.807, 2.05) is 41.2 Å². The number of nitrogens with zero attached hydrogens (tertiary/aromatic N) is 6. The molecule has 1 fully saturated rings. The summed E-state index contributed by atoms with van der Waals surface area (Å²) in [5, 5.41) is 3.44. The van der Waals surface area contributed by atoms with E-state index in [-0.39, 0.29) is 0 Å². The molecule has 3 aromatic heterocycles. The lowest BCUT2D eigenvalue weighted by atomic mass is 10.2. The van der Waals surface area contributed by atoms with Gasteiger partial charge in [0.25, 0.3) is 0 Å². The Morgan fingerprint density at radius 2 is 1.91 bits per heavy atom. The average Bonchev–Trinajstić information content (AvgIpc) is 3.47. The lowest BCUT2D eigenvalue weighted by molar-refractivity contribution is 0.122. The van der Waals surface area contributed by atoms with E-state index in [9.17, 15) is 0 Å². The minimum Gasteiger partial charge on any atom is -0.378 e. The molecule has 0 spiro atoms. The Bertz CT molecular complexity index is 1400. The van der Waals surface area contributed by atoms with Crippen molar-refractivity contribution in [1.29, 1.82) is 0 Å². The first-order chi connectivity index (χ1) is 16.2. The molecule has 0 radical (unpaired) electrons. The highest BCUT2D eigenvalue weighted by atomic mass is 16.5. The first-order valence-corrected chi connectivity index (χ1v) is 11.1. The van der Waals surface area contributed by atoms with E-state index in [2.05, 4.69) is 50.3 Å². The minimum atomic E-state index is 0.501. The Hall–Kier alpha value is -3.98. The normalized spacial score (nSPS) is 14.3. The number of imidazole rings is 2. The summed E-state index contributed by atoms with van der Waals surface area (Å²) >= 11 is 0. The number of benzene rings is 2. The van der Waals surface area contributed by atoms with Gasteiger partial charge in [-0.2, -0.15) is 9.97 Å². The molecule has 0 bridgehead atoms. The van der Waals surface area contributed by atoms with E-state index in [0.717, 1.165) is 46.8 Å². The number of aryl methyl sites for hydroxylation is 1.